The molecule has 1 unspecified atom stereocenters. The van der Waals surface area contributed by atoms with Gasteiger partial charge in [-0.05, 0) is 30.7 Å². The van der Waals surface area contributed by atoms with Crippen LogP contribution >= 0.6 is 22.7 Å². The van der Waals surface area contributed by atoms with Crippen LogP contribution in [-0.4, -0.2) is 42.1 Å². The third-order valence-electron chi connectivity index (χ3n) is 3.95. The first-order valence-corrected chi connectivity index (χ1v) is 11.6. The van der Waals surface area contributed by atoms with Gasteiger partial charge in [0.25, 0.3) is 0 Å². The van der Waals surface area contributed by atoms with E-state index in [4.69, 9.17) is 4.74 Å². The number of carbonyl (C=O) groups is 3. The summed E-state index contributed by atoms with van der Waals surface area (Å²) < 4.78 is 4.92. The second-order valence-electron chi connectivity index (χ2n) is 7.12. The molecule has 2 rings (SSSR count). The summed E-state index contributed by atoms with van der Waals surface area (Å²) in [4.78, 5) is 41.3. The fourth-order valence-corrected chi connectivity index (χ4v) is 4.18. The minimum absolute atomic E-state index is 0.102. The molecule has 0 radical (unpaired) electrons. The number of amides is 3. The van der Waals surface area contributed by atoms with Crippen molar-refractivity contribution in [3.05, 3.63) is 33.5 Å². The fourth-order valence-electron chi connectivity index (χ4n) is 2.75. The normalized spacial score (nSPS) is 11.7. The molecule has 164 valence electrons. The van der Waals surface area contributed by atoms with Gasteiger partial charge in [-0.1, -0.05) is 19.9 Å². The maximum atomic E-state index is 12.3. The lowest BCUT2D eigenvalue weighted by molar-refractivity contribution is -0.120. The van der Waals surface area contributed by atoms with Crippen LogP contribution in [0.25, 0.3) is 0 Å². The van der Waals surface area contributed by atoms with Gasteiger partial charge in [-0.3, -0.25) is 9.59 Å². The lowest BCUT2D eigenvalue weighted by atomic mass is 10.0. The quantitative estimate of drug-likeness (QED) is 0.485. The van der Waals surface area contributed by atoms with Crippen molar-refractivity contribution in [2.45, 2.75) is 46.1 Å². The lowest BCUT2D eigenvalue weighted by Gasteiger charge is -2.20. The standard InChI is InChI=1S/C20H28N4O4S2/c1-4-28-20(27)23-14(8-13(2)3)11-21-17(25)9-15-12-30-19(22-15)24-18(26)10-16-6-5-7-29-16/h5-7,12-14H,4,8-11H2,1-3H3,(H,21,25)(H,23,27)(H,22,24,26). The van der Waals surface area contributed by atoms with Gasteiger partial charge in [0.2, 0.25) is 11.8 Å². The smallest absolute Gasteiger partial charge is 0.407 e. The maximum absolute atomic E-state index is 12.3. The molecule has 10 heteroatoms. The van der Waals surface area contributed by atoms with E-state index in [0.717, 1.165) is 11.3 Å². The van der Waals surface area contributed by atoms with Crippen LogP contribution in [0.4, 0.5) is 9.93 Å². The Morgan fingerprint density at radius 3 is 2.63 bits per heavy atom. The van der Waals surface area contributed by atoms with Gasteiger partial charge in [-0.25, -0.2) is 9.78 Å². The highest BCUT2D eigenvalue weighted by Crippen LogP contribution is 2.17. The van der Waals surface area contributed by atoms with Crippen LogP contribution in [0.2, 0.25) is 0 Å². The number of anilines is 1. The molecule has 0 aromatic carbocycles. The first kappa shape index (κ1) is 23.8. The molecule has 2 aromatic heterocycles. The van der Waals surface area contributed by atoms with Crippen molar-refractivity contribution in [2.75, 3.05) is 18.5 Å². The average molecular weight is 453 g/mol. The Kier molecular flexibility index (Phi) is 9.75. The van der Waals surface area contributed by atoms with Crippen molar-refractivity contribution in [1.29, 1.82) is 0 Å². The van der Waals surface area contributed by atoms with Crippen LogP contribution in [-0.2, 0) is 27.2 Å². The number of thiophene rings is 1. The Morgan fingerprint density at radius 2 is 1.97 bits per heavy atom. The number of thiazole rings is 1. The molecule has 3 N–H and O–H groups in total. The Morgan fingerprint density at radius 1 is 1.17 bits per heavy atom. The van der Waals surface area contributed by atoms with Gasteiger partial charge < -0.3 is 20.7 Å². The van der Waals surface area contributed by atoms with Crippen LogP contribution < -0.4 is 16.0 Å². The molecular weight excluding hydrogens is 424 g/mol. The van der Waals surface area contributed by atoms with Gasteiger partial charge in [0.15, 0.2) is 5.13 Å². The van der Waals surface area contributed by atoms with Crippen molar-refractivity contribution < 1.29 is 19.1 Å². The highest BCUT2D eigenvalue weighted by atomic mass is 32.1. The summed E-state index contributed by atoms with van der Waals surface area (Å²) >= 11 is 2.81. The van der Waals surface area contributed by atoms with Crippen LogP contribution in [0.5, 0.6) is 0 Å². The number of aromatic nitrogens is 1. The zero-order valence-corrected chi connectivity index (χ0v) is 19.0. The van der Waals surface area contributed by atoms with Gasteiger partial charge in [0.05, 0.1) is 25.1 Å². The first-order chi connectivity index (χ1) is 14.4. The molecule has 2 aromatic rings. The van der Waals surface area contributed by atoms with Crippen LogP contribution in [0.1, 0.15) is 37.8 Å². The molecule has 0 aliphatic heterocycles. The van der Waals surface area contributed by atoms with E-state index in [1.165, 1.54) is 22.7 Å². The van der Waals surface area contributed by atoms with E-state index in [0.29, 0.717) is 36.3 Å². The third kappa shape index (κ3) is 8.91. The summed E-state index contributed by atoms with van der Waals surface area (Å²) in [6, 6.07) is 3.60. The van der Waals surface area contributed by atoms with E-state index in [1.54, 1.807) is 12.3 Å². The second-order valence-corrected chi connectivity index (χ2v) is 9.01. The molecule has 0 fully saturated rings. The molecule has 0 aliphatic carbocycles. The zero-order valence-electron chi connectivity index (χ0n) is 17.4. The Labute approximate surface area is 184 Å². The molecule has 30 heavy (non-hydrogen) atoms. The summed E-state index contributed by atoms with van der Waals surface area (Å²) in [5.41, 5.74) is 0.586. The fraction of sp³-hybridized carbons (Fsp3) is 0.500. The highest BCUT2D eigenvalue weighted by molar-refractivity contribution is 7.14. The molecule has 8 nitrogen and oxygen atoms in total. The molecule has 0 bridgehead atoms. The number of nitrogens with one attached hydrogen (secondary N) is 3. The molecule has 0 aliphatic rings. The predicted molar refractivity (Wildman–Crippen MR) is 119 cm³/mol. The van der Waals surface area contributed by atoms with Gasteiger partial charge in [-0.15, -0.1) is 22.7 Å². The van der Waals surface area contributed by atoms with Crippen molar-refractivity contribution in [1.82, 2.24) is 15.6 Å². The monoisotopic (exact) mass is 452 g/mol. The summed E-state index contributed by atoms with van der Waals surface area (Å²) in [7, 11) is 0. The number of hydrogen-bond acceptors (Lipinski definition) is 7. The van der Waals surface area contributed by atoms with Gasteiger partial charge in [0, 0.05) is 22.8 Å². The topological polar surface area (TPSA) is 109 Å². The predicted octanol–water partition coefficient (Wildman–Crippen LogP) is 3.21. The van der Waals surface area contributed by atoms with Gasteiger partial charge in [0.1, 0.15) is 0 Å². The molecule has 0 saturated carbocycles. The number of rotatable bonds is 11. The summed E-state index contributed by atoms with van der Waals surface area (Å²) in [6.45, 7) is 6.44. The summed E-state index contributed by atoms with van der Waals surface area (Å²) in [5, 5.41) is 12.5. The lowest BCUT2D eigenvalue weighted by Crippen LogP contribution is -2.44. The van der Waals surface area contributed by atoms with Gasteiger partial charge in [-0.2, -0.15) is 0 Å². The van der Waals surface area contributed by atoms with Crippen molar-refractivity contribution >= 4 is 45.7 Å². The largest absolute Gasteiger partial charge is 0.450 e. The third-order valence-corrected chi connectivity index (χ3v) is 5.64. The van der Waals surface area contributed by atoms with Gasteiger partial charge >= 0.3 is 6.09 Å². The van der Waals surface area contributed by atoms with E-state index in [2.05, 4.69) is 20.9 Å². The average Bonchev–Trinajstić information content (AvgIpc) is 3.31. The molecular formula is C20H28N4O4S2. The highest BCUT2D eigenvalue weighted by Gasteiger charge is 2.17. The maximum Gasteiger partial charge on any atom is 0.407 e. The molecule has 2 heterocycles. The van der Waals surface area contributed by atoms with E-state index < -0.39 is 6.09 Å². The van der Waals surface area contributed by atoms with E-state index in [9.17, 15) is 14.4 Å². The number of nitrogens with zero attached hydrogens (tertiary/aromatic N) is 1. The van der Waals surface area contributed by atoms with Crippen LogP contribution in [0.3, 0.4) is 0 Å². The molecule has 3 amide bonds. The summed E-state index contributed by atoms with van der Waals surface area (Å²) in [5.74, 6) is 0.0215. The van der Waals surface area contributed by atoms with E-state index in [-0.39, 0.29) is 24.3 Å². The van der Waals surface area contributed by atoms with Crippen LogP contribution in [0.15, 0.2) is 22.9 Å². The SMILES string of the molecule is CCOC(=O)NC(CNC(=O)Cc1csc(NC(=O)Cc2cccs2)n1)CC(C)C. The minimum Gasteiger partial charge on any atom is -0.450 e. The zero-order chi connectivity index (χ0) is 21.9. The molecule has 0 saturated heterocycles. The Balaban J connectivity index is 1.79. The number of hydrogen-bond donors (Lipinski definition) is 3. The van der Waals surface area contributed by atoms with E-state index >= 15 is 0 Å². The Bertz CT molecular complexity index is 821. The van der Waals surface area contributed by atoms with E-state index in [1.807, 2.05) is 31.4 Å². The van der Waals surface area contributed by atoms with Crippen molar-refractivity contribution in [3.63, 3.8) is 0 Å². The van der Waals surface area contributed by atoms with Crippen molar-refractivity contribution in [2.24, 2.45) is 5.92 Å². The number of carbonyl (C=O) groups excluding carboxylic acids is 3. The van der Waals surface area contributed by atoms with Crippen LogP contribution in [0, 0.1) is 5.92 Å². The molecule has 1 atom stereocenters. The second kappa shape index (κ2) is 12.3. The number of alkyl carbamates (subject to hydrolysis) is 1. The first-order valence-electron chi connectivity index (χ1n) is 9.82. The Hall–Kier alpha value is -2.46. The number of ether oxygens (including phenoxy) is 1. The molecule has 0 spiro atoms. The van der Waals surface area contributed by atoms with Crippen molar-refractivity contribution in [3.8, 4) is 0 Å². The summed E-state index contributed by atoms with van der Waals surface area (Å²) in [6.07, 6.45) is 0.638. The minimum atomic E-state index is -0.486.